The Kier molecular flexibility index (Phi) is 5.52. The first-order chi connectivity index (χ1) is 12.5. The Balaban J connectivity index is 1.57. The predicted molar refractivity (Wildman–Crippen MR) is 87.3 cm³/mol. The molecule has 10 heteroatoms. The highest BCUT2D eigenvalue weighted by Crippen LogP contribution is 2.15. The zero-order valence-electron chi connectivity index (χ0n) is 14.0. The van der Waals surface area contributed by atoms with Crippen LogP contribution in [0.4, 0.5) is 4.39 Å². The van der Waals surface area contributed by atoms with E-state index in [1.165, 1.54) is 23.8 Å². The third-order valence-corrected chi connectivity index (χ3v) is 4.10. The van der Waals surface area contributed by atoms with E-state index in [4.69, 9.17) is 0 Å². The zero-order chi connectivity index (χ0) is 18.5. The Morgan fingerprint density at radius 2 is 2.04 bits per heavy atom. The van der Waals surface area contributed by atoms with Gasteiger partial charge in [0.15, 0.2) is 0 Å². The van der Waals surface area contributed by atoms with Crippen LogP contribution in [0.1, 0.15) is 23.2 Å². The maximum Gasteiger partial charge on any atom is 0.255 e. The smallest absolute Gasteiger partial charge is 0.255 e. The van der Waals surface area contributed by atoms with Crippen molar-refractivity contribution in [1.82, 2.24) is 30.0 Å². The Bertz CT molecular complexity index is 769. The van der Waals surface area contributed by atoms with Gasteiger partial charge in [-0.05, 0) is 12.5 Å². The van der Waals surface area contributed by atoms with E-state index in [-0.39, 0.29) is 37.0 Å². The summed E-state index contributed by atoms with van der Waals surface area (Å²) in [5.74, 6) is -1.23. The van der Waals surface area contributed by atoms with Gasteiger partial charge < -0.3 is 19.9 Å². The van der Waals surface area contributed by atoms with Crippen LogP contribution in [0.3, 0.4) is 0 Å². The quantitative estimate of drug-likeness (QED) is 0.748. The molecule has 138 valence electrons. The third-order valence-electron chi connectivity index (χ3n) is 4.10. The fourth-order valence-electron chi connectivity index (χ4n) is 2.92. The monoisotopic (exact) mass is 362 g/mol. The number of amides is 2. The topological polar surface area (TPSA) is 113 Å². The minimum Gasteiger partial charge on any atom is -0.391 e. The lowest BCUT2D eigenvalue weighted by atomic mass is 10.0. The average Bonchev–Trinajstić information content (AvgIpc) is 3.12. The molecule has 3 rings (SSSR count). The number of aryl methyl sites for hydroxylation is 1. The van der Waals surface area contributed by atoms with Crippen molar-refractivity contribution in [2.45, 2.75) is 31.5 Å². The molecule has 1 aliphatic rings. The molecule has 0 saturated carbocycles. The molecule has 0 aromatic carbocycles. The summed E-state index contributed by atoms with van der Waals surface area (Å²) in [7, 11) is 0. The molecule has 26 heavy (non-hydrogen) atoms. The second-order valence-corrected chi connectivity index (χ2v) is 6.21. The number of carbonyl (C=O) groups is 2. The Morgan fingerprint density at radius 1 is 1.27 bits per heavy atom. The summed E-state index contributed by atoms with van der Waals surface area (Å²) in [5.41, 5.74) is 0.108. The van der Waals surface area contributed by atoms with Gasteiger partial charge in [0, 0.05) is 38.3 Å². The number of likely N-dealkylation sites (tertiary alicyclic amines) is 1. The minimum absolute atomic E-state index is 0.108. The van der Waals surface area contributed by atoms with Gasteiger partial charge in [-0.1, -0.05) is 0 Å². The van der Waals surface area contributed by atoms with E-state index in [1.54, 1.807) is 4.57 Å². The number of pyridine rings is 1. The maximum atomic E-state index is 13.3. The number of nitrogens with one attached hydrogen (secondary N) is 1. The SMILES string of the molecule is O=C(CCn1cnnc1)N[C@H]1C[C@@H](O)CN(C(=O)c2cncc(F)c2)C1. The number of aliphatic hydroxyl groups excluding tert-OH is 1. The Hall–Kier alpha value is -2.88. The number of hydrogen-bond acceptors (Lipinski definition) is 6. The summed E-state index contributed by atoms with van der Waals surface area (Å²) in [5, 5.41) is 20.2. The van der Waals surface area contributed by atoms with Crippen LogP contribution < -0.4 is 5.32 Å². The lowest BCUT2D eigenvalue weighted by Crippen LogP contribution is -2.54. The van der Waals surface area contributed by atoms with Crippen molar-refractivity contribution >= 4 is 11.8 Å². The number of halogens is 1. The Morgan fingerprint density at radius 3 is 2.77 bits per heavy atom. The van der Waals surface area contributed by atoms with Gasteiger partial charge in [-0.15, -0.1) is 10.2 Å². The zero-order valence-corrected chi connectivity index (χ0v) is 14.0. The molecule has 9 nitrogen and oxygen atoms in total. The molecular weight excluding hydrogens is 343 g/mol. The van der Waals surface area contributed by atoms with E-state index in [9.17, 15) is 19.1 Å². The van der Waals surface area contributed by atoms with Crippen LogP contribution in [-0.2, 0) is 11.3 Å². The average molecular weight is 362 g/mol. The fourth-order valence-corrected chi connectivity index (χ4v) is 2.92. The van der Waals surface area contributed by atoms with Gasteiger partial charge in [0.1, 0.15) is 18.5 Å². The van der Waals surface area contributed by atoms with Crippen LogP contribution in [0.5, 0.6) is 0 Å². The maximum absolute atomic E-state index is 13.3. The molecule has 2 aromatic rings. The molecule has 0 bridgehead atoms. The minimum atomic E-state index is -0.766. The van der Waals surface area contributed by atoms with Gasteiger partial charge in [-0.25, -0.2) is 4.39 Å². The van der Waals surface area contributed by atoms with Crippen LogP contribution in [0.25, 0.3) is 0 Å². The van der Waals surface area contributed by atoms with Gasteiger partial charge in [0.05, 0.1) is 17.9 Å². The normalized spacial score (nSPS) is 20.0. The molecule has 0 radical (unpaired) electrons. The van der Waals surface area contributed by atoms with Crippen molar-refractivity contribution in [3.05, 3.63) is 42.5 Å². The molecule has 1 saturated heterocycles. The second kappa shape index (κ2) is 8.00. The first-order valence-corrected chi connectivity index (χ1v) is 8.21. The number of nitrogens with zero attached hydrogens (tertiary/aromatic N) is 5. The highest BCUT2D eigenvalue weighted by atomic mass is 19.1. The molecule has 0 spiro atoms. The molecular formula is C16H19FN6O3. The molecule has 0 aliphatic carbocycles. The lowest BCUT2D eigenvalue weighted by molar-refractivity contribution is -0.122. The first-order valence-electron chi connectivity index (χ1n) is 8.21. The molecule has 2 aromatic heterocycles. The van der Waals surface area contributed by atoms with Crippen molar-refractivity contribution in [1.29, 1.82) is 0 Å². The summed E-state index contributed by atoms with van der Waals surface area (Å²) in [6.07, 6.45) is 5.14. The molecule has 0 unspecified atom stereocenters. The number of aromatic nitrogens is 4. The van der Waals surface area contributed by atoms with Crippen molar-refractivity contribution < 1.29 is 19.1 Å². The number of hydrogen-bond donors (Lipinski definition) is 2. The van der Waals surface area contributed by atoms with E-state index in [0.717, 1.165) is 12.3 Å². The Labute approximate surface area is 148 Å². The molecule has 2 amide bonds. The number of aliphatic hydroxyl groups is 1. The number of β-amino-alcohol motifs (C(OH)–C–C–N with tert-alkyl or cyclic N) is 1. The molecule has 1 fully saturated rings. The van der Waals surface area contributed by atoms with Crippen molar-refractivity contribution in [3.8, 4) is 0 Å². The van der Waals surface area contributed by atoms with Gasteiger partial charge in [-0.3, -0.25) is 14.6 Å². The van der Waals surface area contributed by atoms with Gasteiger partial charge >= 0.3 is 0 Å². The van der Waals surface area contributed by atoms with E-state index < -0.39 is 17.8 Å². The van der Waals surface area contributed by atoms with Gasteiger partial charge in [0.25, 0.3) is 5.91 Å². The van der Waals surface area contributed by atoms with E-state index in [0.29, 0.717) is 13.0 Å². The molecule has 1 aliphatic heterocycles. The summed E-state index contributed by atoms with van der Waals surface area (Å²) >= 11 is 0. The molecule has 3 heterocycles. The van der Waals surface area contributed by atoms with E-state index in [2.05, 4.69) is 20.5 Å². The largest absolute Gasteiger partial charge is 0.391 e. The van der Waals surface area contributed by atoms with Crippen molar-refractivity contribution in [2.75, 3.05) is 13.1 Å². The summed E-state index contributed by atoms with van der Waals surface area (Å²) in [6, 6.07) is 0.723. The highest BCUT2D eigenvalue weighted by molar-refractivity contribution is 5.94. The standard InChI is InChI=1S/C16H19FN6O3/c17-12-3-11(5-18-6-12)16(26)23-7-13(4-14(24)8-23)21-15(25)1-2-22-9-19-20-10-22/h3,5-6,9-10,13-14,24H,1-2,4,7-8H2,(H,21,25)/t13-,14+/m0/s1. The highest BCUT2D eigenvalue weighted by Gasteiger charge is 2.30. The van der Waals surface area contributed by atoms with Crippen LogP contribution in [0, 0.1) is 5.82 Å². The summed E-state index contributed by atoms with van der Waals surface area (Å²) in [4.78, 5) is 29.6. The summed E-state index contributed by atoms with van der Waals surface area (Å²) < 4.78 is 15.0. The van der Waals surface area contributed by atoms with E-state index in [1.807, 2.05) is 0 Å². The third kappa shape index (κ3) is 4.60. The second-order valence-electron chi connectivity index (χ2n) is 6.21. The van der Waals surface area contributed by atoms with Crippen molar-refractivity contribution in [2.24, 2.45) is 0 Å². The van der Waals surface area contributed by atoms with Crippen LogP contribution in [0.15, 0.2) is 31.1 Å². The van der Waals surface area contributed by atoms with Gasteiger partial charge in [-0.2, -0.15) is 0 Å². The van der Waals surface area contributed by atoms with Crippen LogP contribution in [0.2, 0.25) is 0 Å². The fraction of sp³-hybridized carbons (Fsp3) is 0.438. The van der Waals surface area contributed by atoms with Crippen LogP contribution >= 0.6 is 0 Å². The predicted octanol–water partition coefficient (Wildman–Crippen LogP) is -0.406. The first kappa shape index (κ1) is 17.9. The number of rotatable bonds is 5. The van der Waals surface area contributed by atoms with Crippen LogP contribution in [-0.4, -0.2) is 66.8 Å². The van der Waals surface area contributed by atoms with Gasteiger partial charge in [0.2, 0.25) is 5.91 Å². The van der Waals surface area contributed by atoms with E-state index >= 15 is 0 Å². The lowest BCUT2D eigenvalue weighted by Gasteiger charge is -2.36. The summed E-state index contributed by atoms with van der Waals surface area (Å²) in [6.45, 7) is 0.804. The number of carbonyl (C=O) groups excluding carboxylic acids is 2. The number of piperidine rings is 1. The molecule has 2 N–H and O–H groups in total. The van der Waals surface area contributed by atoms with Crippen molar-refractivity contribution in [3.63, 3.8) is 0 Å². The molecule has 2 atom stereocenters.